The second-order valence-electron chi connectivity index (χ2n) is 4.26. The van der Waals surface area contributed by atoms with Gasteiger partial charge in [-0.1, -0.05) is 25.0 Å². The molecule has 0 amide bonds. The van der Waals surface area contributed by atoms with E-state index in [9.17, 15) is 0 Å². The predicted molar refractivity (Wildman–Crippen MR) is 64.0 cm³/mol. The third kappa shape index (κ3) is 2.70. The molecule has 1 heterocycles. The van der Waals surface area contributed by atoms with Crippen LogP contribution in [-0.2, 0) is 0 Å². The van der Waals surface area contributed by atoms with Gasteiger partial charge in [0.2, 0.25) is 0 Å². The molecule has 2 rings (SSSR count). The highest BCUT2D eigenvalue weighted by Gasteiger charge is 2.18. The molecule has 0 radical (unpaired) electrons. The first-order valence-corrected chi connectivity index (χ1v) is 6.19. The van der Waals surface area contributed by atoms with Gasteiger partial charge in [0.25, 0.3) is 0 Å². The second kappa shape index (κ2) is 5.80. The van der Waals surface area contributed by atoms with Crippen molar-refractivity contribution in [2.75, 3.05) is 6.54 Å². The monoisotopic (exact) mass is 220 g/mol. The maximum absolute atomic E-state index is 4.20. The van der Waals surface area contributed by atoms with E-state index >= 15 is 0 Å². The van der Waals surface area contributed by atoms with E-state index in [0.717, 1.165) is 12.2 Å². The van der Waals surface area contributed by atoms with Crippen LogP contribution in [0.1, 0.15) is 50.8 Å². The fourth-order valence-corrected chi connectivity index (χ4v) is 2.28. The highest BCUT2D eigenvalue weighted by molar-refractivity contribution is 5.20. The average Bonchev–Trinajstić information content (AvgIpc) is 2.69. The van der Waals surface area contributed by atoms with Crippen molar-refractivity contribution in [2.24, 2.45) is 0 Å². The number of nitrogens with zero attached hydrogens (tertiary/aromatic N) is 2. The van der Waals surface area contributed by atoms with E-state index in [1.165, 1.54) is 37.7 Å². The van der Waals surface area contributed by atoms with E-state index in [1.807, 2.05) is 6.20 Å². The number of hydrogen-bond acceptors (Lipinski definition) is 3. The number of aromatic amines is 1. The van der Waals surface area contributed by atoms with Gasteiger partial charge in [-0.2, -0.15) is 15.4 Å². The molecule has 1 aromatic rings. The third-order valence-electron chi connectivity index (χ3n) is 3.08. The first-order chi connectivity index (χ1) is 7.92. The summed E-state index contributed by atoms with van der Waals surface area (Å²) >= 11 is 0. The molecular formula is C12H20N4. The molecule has 1 unspecified atom stereocenters. The number of likely N-dealkylation sites (N-methyl/N-ethyl adjacent to an activating group) is 1. The van der Waals surface area contributed by atoms with Gasteiger partial charge in [0.05, 0.1) is 12.2 Å². The zero-order valence-corrected chi connectivity index (χ0v) is 9.87. The van der Waals surface area contributed by atoms with Crippen LogP contribution in [0.3, 0.4) is 0 Å². The van der Waals surface area contributed by atoms with E-state index < -0.39 is 0 Å². The van der Waals surface area contributed by atoms with Crippen molar-refractivity contribution in [1.29, 1.82) is 0 Å². The minimum atomic E-state index is 0.252. The van der Waals surface area contributed by atoms with Gasteiger partial charge in [-0.05, 0) is 32.2 Å². The van der Waals surface area contributed by atoms with Gasteiger partial charge in [0.15, 0.2) is 0 Å². The van der Waals surface area contributed by atoms with E-state index in [4.69, 9.17) is 0 Å². The first kappa shape index (κ1) is 11.3. The molecule has 0 saturated heterocycles. The van der Waals surface area contributed by atoms with Crippen molar-refractivity contribution in [2.45, 2.75) is 45.1 Å². The topological polar surface area (TPSA) is 53.6 Å². The van der Waals surface area contributed by atoms with Crippen LogP contribution in [0.2, 0.25) is 0 Å². The summed E-state index contributed by atoms with van der Waals surface area (Å²) in [5.74, 6) is 0. The van der Waals surface area contributed by atoms with Gasteiger partial charge in [0, 0.05) is 0 Å². The molecule has 16 heavy (non-hydrogen) atoms. The van der Waals surface area contributed by atoms with Crippen LogP contribution in [0.5, 0.6) is 0 Å². The number of aromatic nitrogens is 3. The molecule has 4 heteroatoms. The normalized spacial score (nSPS) is 18.9. The standard InChI is InChI=1S/C12H20N4/c1-2-13-12(11-9-14-16-15-11)10-7-5-3-4-6-8-10/h7,9,12-13H,2-6,8H2,1H3,(H,14,15,16). The Morgan fingerprint density at radius 2 is 2.38 bits per heavy atom. The molecule has 1 aromatic heterocycles. The van der Waals surface area contributed by atoms with Crippen LogP contribution in [0, 0.1) is 0 Å². The highest BCUT2D eigenvalue weighted by Crippen LogP contribution is 2.27. The highest BCUT2D eigenvalue weighted by atomic mass is 15.3. The van der Waals surface area contributed by atoms with Crippen molar-refractivity contribution in [3.63, 3.8) is 0 Å². The Labute approximate surface area is 96.5 Å². The zero-order valence-electron chi connectivity index (χ0n) is 9.87. The fourth-order valence-electron chi connectivity index (χ4n) is 2.28. The van der Waals surface area contributed by atoms with Gasteiger partial charge in [-0.3, -0.25) is 0 Å². The summed E-state index contributed by atoms with van der Waals surface area (Å²) in [7, 11) is 0. The Morgan fingerprint density at radius 3 is 3.12 bits per heavy atom. The quantitative estimate of drug-likeness (QED) is 0.766. The van der Waals surface area contributed by atoms with Gasteiger partial charge >= 0.3 is 0 Å². The second-order valence-corrected chi connectivity index (χ2v) is 4.26. The average molecular weight is 220 g/mol. The van der Waals surface area contributed by atoms with Crippen LogP contribution in [0.15, 0.2) is 17.8 Å². The molecule has 88 valence electrons. The number of nitrogens with one attached hydrogen (secondary N) is 2. The van der Waals surface area contributed by atoms with E-state index in [-0.39, 0.29) is 6.04 Å². The molecule has 0 fully saturated rings. The fraction of sp³-hybridized carbons (Fsp3) is 0.667. The number of H-pyrrole nitrogens is 1. The Hall–Kier alpha value is -1.16. The summed E-state index contributed by atoms with van der Waals surface area (Å²) in [5.41, 5.74) is 2.49. The largest absolute Gasteiger partial charge is 0.305 e. The lowest BCUT2D eigenvalue weighted by molar-refractivity contribution is 0.576. The molecule has 1 aliphatic carbocycles. The molecule has 2 N–H and O–H groups in total. The van der Waals surface area contributed by atoms with Crippen LogP contribution in [0.4, 0.5) is 0 Å². The maximum Gasteiger partial charge on any atom is 0.104 e. The third-order valence-corrected chi connectivity index (χ3v) is 3.08. The number of allylic oxidation sites excluding steroid dienone is 1. The van der Waals surface area contributed by atoms with Crippen molar-refractivity contribution in [3.05, 3.63) is 23.5 Å². The molecule has 0 aromatic carbocycles. The molecule has 0 bridgehead atoms. The summed E-state index contributed by atoms with van der Waals surface area (Å²) in [6.45, 7) is 3.08. The number of hydrogen-bond donors (Lipinski definition) is 2. The van der Waals surface area contributed by atoms with Crippen molar-refractivity contribution < 1.29 is 0 Å². The molecule has 1 atom stereocenters. The molecule has 0 spiro atoms. The predicted octanol–water partition coefficient (Wildman–Crippen LogP) is 2.35. The molecule has 4 nitrogen and oxygen atoms in total. The lowest BCUT2D eigenvalue weighted by Crippen LogP contribution is -2.23. The van der Waals surface area contributed by atoms with Crippen LogP contribution in [0.25, 0.3) is 0 Å². The summed E-state index contributed by atoms with van der Waals surface area (Å²) in [5, 5.41) is 14.3. The summed E-state index contributed by atoms with van der Waals surface area (Å²) in [4.78, 5) is 0. The van der Waals surface area contributed by atoms with Crippen molar-refractivity contribution >= 4 is 0 Å². The summed E-state index contributed by atoms with van der Waals surface area (Å²) < 4.78 is 0. The van der Waals surface area contributed by atoms with E-state index in [2.05, 4.69) is 33.7 Å². The Bertz CT molecular complexity index is 329. The Morgan fingerprint density at radius 1 is 1.44 bits per heavy atom. The van der Waals surface area contributed by atoms with Crippen molar-refractivity contribution in [3.8, 4) is 0 Å². The molecular weight excluding hydrogens is 200 g/mol. The lowest BCUT2D eigenvalue weighted by Gasteiger charge is -2.18. The van der Waals surface area contributed by atoms with Gasteiger partial charge in [0.1, 0.15) is 5.69 Å². The van der Waals surface area contributed by atoms with E-state index in [0.29, 0.717) is 0 Å². The SMILES string of the molecule is CCNC(C1=CCCCCC1)c1cn[nH]n1. The van der Waals surface area contributed by atoms with Gasteiger partial charge in [-0.25, -0.2) is 0 Å². The Kier molecular flexibility index (Phi) is 4.10. The van der Waals surface area contributed by atoms with Crippen LogP contribution < -0.4 is 5.32 Å². The minimum absolute atomic E-state index is 0.252. The van der Waals surface area contributed by atoms with Crippen LogP contribution in [-0.4, -0.2) is 22.0 Å². The first-order valence-electron chi connectivity index (χ1n) is 6.19. The lowest BCUT2D eigenvalue weighted by atomic mass is 9.99. The van der Waals surface area contributed by atoms with Crippen molar-refractivity contribution in [1.82, 2.24) is 20.7 Å². The summed E-state index contributed by atoms with van der Waals surface area (Å²) in [6.07, 6.45) is 10.6. The maximum atomic E-state index is 4.20. The zero-order chi connectivity index (χ0) is 11.2. The van der Waals surface area contributed by atoms with E-state index in [1.54, 1.807) is 0 Å². The Balaban J connectivity index is 2.14. The molecule has 1 aliphatic rings. The van der Waals surface area contributed by atoms with Gasteiger partial charge in [-0.15, -0.1) is 0 Å². The summed E-state index contributed by atoms with van der Waals surface area (Å²) in [6, 6.07) is 0.252. The van der Waals surface area contributed by atoms with Gasteiger partial charge < -0.3 is 5.32 Å². The molecule has 0 saturated carbocycles. The molecule has 0 aliphatic heterocycles. The minimum Gasteiger partial charge on any atom is -0.305 e. The smallest absolute Gasteiger partial charge is 0.104 e. The van der Waals surface area contributed by atoms with Crippen LogP contribution >= 0.6 is 0 Å². The number of rotatable bonds is 4.